The van der Waals surface area contributed by atoms with Crippen LogP contribution in [0.4, 0.5) is 13.2 Å². The minimum atomic E-state index is -4.36. The Morgan fingerprint density at radius 3 is 2.46 bits per heavy atom. The molecule has 0 radical (unpaired) electrons. The molecule has 24 heavy (non-hydrogen) atoms. The van der Waals surface area contributed by atoms with Crippen molar-refractivity contribution in [2.45, 2.75) is 19.1 Å². The molecule has 1 heterocycles. The summed E-state index contributed by atoms with van der Waals surface area (Å²) in [5, 5.41) is 13.9. The lowest BCUT2D eigenvalue weighted by Crippen LogP contribution is -2.06. The quantitative estimate of drug-likeness (QED) is 0.791. The zero-order valence-electron chi connectivity index (χ0n) is 12.4. The van der Waals surface area contributed by atoms with Crippen molar-refractivity contribution < 1.29 is 23.1 Å². The second kappa shape index (κ2) is 5.99. The predicted molar refractivity (Wildman–Crippen MR) is 81.6 cm³/mol. The van der Waals surface area contributed by atoms with Gasteiger partial charge in [0.25, 0.3) is 0 Å². The van der Waals surface area contributed by atoms with Gasteiger partial charge in [0.15, 0.2) is 0 Å². The number of rotatable bonds is 4. The number of nitrogens with zero attached hydrogens (tertiary/aromatic N) is 2. The van der Waals surface area contributed by atoms with Crippen molar-refractivity contribution in [3.63, 3.8) is 0 Å². The van der Waals surface area contributed by atoms with E-state index >= 15 is 0 Å². The summed E-state index contributed by atoms with van der Waals surface area (Å²) in [6.45, 7) is 0.304. The van der Waals surface area contributed by atoms with Gasteiger partial charge >= 0.3 is 12.1 Å². The number of aliphatic carboxylic acids is 1. The van der Waals surface area contributed by atoms with E-state index in [0.717, 1.165) is 23.0 Å². The Labute approximate surface area is 135 Å². The van der Waals surface area contributed by atoms with Gasteiger partial charge in [0, 0.05) is 5.39 Å². The van der Waals surface area contributed by atoms with Crippen molar-refractivity contribution in [3.8, 4) is 0 Å². The predicted octanol–water partition coefficient (Wildman–Crippen LogP) is 3.73. The zero-order valence-corrected chi connectivity index (χ0v) is 12.4. The van der Waals surface area contributed by atoms with Crippen LogP contribution in [0.15, 0.2) is 48.7 Å². The molecule has 0 aliphatic carbocycles. The van der Waals surface area contributed by atoms with Crippen LogP contribution in [0.25, 0.3) is 10.9 Å². The SMILES string of the molecule is O=C(O)Cc1cccc2c1cnn2Cc1ccc(C(F)(F)F)cc1. The third-order valence-corrected chi connectivity index (χ3v) is 3.73. The second-order valence-electron chi connectivity index (χ2n) is 5.42. The first kappa shape index (κ1) is 16.0. The molecule has 0 saturated carbocycles. The summed E-state index contributed by atoms with van der Waals surface area (Å²) in [4.78, 5) is 10.9. The molecule has 0 bridgehead atoms. The smallest absolute Gasteiger partial charge is 0.416 e. The summed E-state index contributed by atoms with van der Waals surface area (Å²) in [5.41, 5.74) is 1.38. The van der Waals surface area contributed by atoms with Crippen LogP contribution in [0.1, 0.15) is 16.7 Å². The van der Waals surface area contributed by atoms with Gasteiger partial charge in [0.05, 0.1) is 30.2 Å². The summed E-state index contributed by atoms with van der Waals surface area (Å²) in [6.07, 6.45) is -2.89. The molecular formula is C17H13F3N2O2. The molecule has 0 amide bonds. The molecule has 1 aromatic heterocycles. The number of carboxylic acid groups (broad SMARTS) is 1. The van der Waals surface area contributed by atoms with Crippen LogP contribution in [0.5, 0.6) is 0 Å². The molecule has 3 aromatic rings. The lowest BCUT2D eigenvalue weighted by molar-refractivity contribution is -0.138. The summed E-state index contributed by atoms with van der Waals surface area (Å²) in [6, 6.07) is 10.2. The van der Waals surface area contributed by atoms with E-state index in [2.05, 4.69) is 5.10 Å². The van der Waals surface area contributed by atoms with Crippen LogP contribution in [-0.4, -0.2) is 20.9 Å². The third-order valence-electron chi connectivity index (χ3n) is 3.73. The molecule has 0 aliphatic heterocycles. The van der Waals surface area contributed by atoms with E-state index in [1.165, 1.54) is 12.1 Å². The fraction of sp³-hybridized carbons (Fsp3) is 0.176. The minimum absolute atomic E-state index is 0.108. The maximum Gasteiger partial charge on any atom is 0.416 e. The number of aromatic nitrogens is 2. The average Bonchev–Trinajstić information content (AvgIpc) is 2.91. The molecule has 0 aliphatic rings. The van der Waals surface area contributed by atoms with Crippen molar-refractivity contribution >= 4 is 16.9 Å². The van der Waals surface area contributed by atoms with Gasteiger partial charge in [0.2, 0.25) is 0 Å². The Bertz CT molecular complexity index is 883. The molecule has 0 spiro atoms. The van der Waals surface area contributed by atoms with Crippen molar-refractivity contribution in [1.29, 1.82) is 0 Å². The molecule has 0 saturated heterocycles. The highest BCUT2D eigenvalue weighted by atomic mass is 19.4. The van der Waals surface area contributed by atoms with E-state index in [-0.39, 0.29) is 6.42 Å². The molecule has 2 aromatic carbocycles. The van der Waals surface area contributed by atoms with E-state index in [4.69, 9.17) is 5.11 Å². The van der Waals surface area contributed by atoms with E-state index in [1.807, 2.05) is 0 Å². The van der Waals surface area contributed by atoms with Crippen LogP contribution in [0.2, 0.25) is 0 Å². The van der Waals surface area contributed by atoms with Crippen LogP contribution in [0.3, 0.4) is 0 Å². The first-order valence-electron chi connectivity index (χ1n) is 7.16. The topological polar surface area (TPSA) is 55.1 Å². The van der Waals surface area contributed by atoms with Crippen molar-refractivity contribution in [1.82, 2.24) is 9.78 Å². The standard InChI is InChI=1S/C17H13F3N2O2/c18-17(19,20)13-6-4-11(5-7-13)10-22-15-3-1-2-12(8-16(23)24)14(15)9-21-22/h1-7,9H,8,10H2,(H,23,24). The number of fused-ring (bicyclic) bond motifs is 1. The number of alkyl halides is 3. The number of carbonyl (C=O) groups is 1. The van der Waals surface area contributed by atoms with E-state index < -0.39 is 17.7 Å². The van der Waals surface area contributed by atoms with Gasteiger partial charge in [-0.05, 0) is 29.3 Å². The van der Waals surface area contributed by atoms with Crippen LogP contribution in [0, 0.1) is 0 Å². The first-order valence-corrected chi connectivity index (χ1v) is 7.16. The Morgan fingerprint density at radius 1 is 1.12 bits per heavy atom. The monoisotopic (exact) mass is 334 g/mol. The summed E-state index contributed by atoms with van der Waals surface area (Å²) >= 11 is 0. The van der Waals surface area contributed by atoms with Crippen molar-refractivity contribution in [2.24, 2.45) is 0 Å². The summed E-state index contributed by atoms with van der Waals surface area (Å²) < 4.78 is 39.4. The lowest BCUT2D eigenvalue weighted by atomic mass is 10.1. The maximum absolute atomic E-state index is 12.6. The molecule has 124 valence electrons. The van der Waals surface area contributed by atoms with Gasteiger partial charge in [-0.3, -0.25) is 9.48 Å². The number of hydrogen-bond acceptors (Lipinski definition) is 2. The van der Waals surface area contributed by atoms with Gasteiger partial charge in [-0.1, -0.05) is 24.3 Å². The van der Waals surface area contributed by atoms with E-state index in [9.17, 15) is 18.0 Å². The highest BCUT2D eigenvalue weighted by Gasteiger charge is 2.29. The largest absolute Gasteiger partial charge is 0.481 e. The van der Waals surface area contributed by atoms with Gasteiger partial charge < -0.3 is 5.11 Å². The van der Waals surface area contributed by atoms with Crippen LogP contribution >= 0.6 is 0 Å². The fourth-order valence-electron chi connectivity index (χ4n) is 2.58. The molecule has 7 heteroatoms. The molecule has 0 fully saturated rings. The second-order valence-corrected chi connectivity index (χ2v) is 5.42. The lowest BCUT2D eigenvalue weighted by Gasteiger charge is -2.08. The van der Waals surface area contributed by atoms with Gasteiger partial charge in [-0.15, -0.1) is 0 Å². The highest BCUT2D eigenvalue weighted by molar-refractivity contribution is 5.86. The van der Waals surface area contributed by atoms with Crippen LogP contribution < -0.4 is 0 Å². The zero-order chi connectivity index (χ0) is 17.3. The Balaban J connectivity index is 1.89. The van der Waals surface area contributed by atoms with Crippen molar-refractivity contribution in [2.75, 3.05) is 0 Å². The average molecular weight is 334 g/mol. The first-order chi connectivity index (χ1) is 11.3. The number of benzene rings is 2. The fourth-order valence-corrected chi connectivity index (χ4v) is 2.58. The highest BCUT2D eigenvalue weighted by Crippen LogP contribution is 2.29. The third kappa shape index (κ3) is 3.24. The molecular weight excluding hydrogens is 321 g/mol. The number of halogens is 3. The van der Waals surface area contributed by atoms with Gasteiger partial charge in [0.1, 0.15) is 0 Å². The molecule has 4 nitrogen and oxygen atoms in total. The maximum atomic E-state index is 12.6. The summed E-state index contributed by atoms with van der Waals surface area (Å²) in [7, 11) is 0. The van der Waals surface area contributed by atoms with E-state index in [1.54, 1.807) is 29.1 Å². The molecule has 0 unspecified atom stereocenters. The molecule has 3 rings (SSSR count). The summed E-state index contributed by atoms with van der Waals surface area (Å²) in [5.74, 6) is -0.932. The van der Waals surface area contributed by atoms with Gasteiger partial charge in [-0.2, -0.15) is 18.3 Å². The minimum Gasteiger partial charge on any atom is -0.481 e. The number of carboxylic acids is 1. The van der Waals surface area contributed by atoms with Crippen LogP contribution in [-0.2, 0) is 23.9 Å². The van der Waals surface area contributed by atoms with Crippen molar-refractivity contribution in [3.05, 3.63) is 65.4 Å². The van der Waals surface area contributed by atoms with Gasteiger partial charge in [-0.25, -0.2) is 0 Å². The molecule has 0 atom stereocenters. The normalized spacial score (nSPS) is 11.8. The van der Waals surface area contributed by atoms with E-state index in [0.29, 0.717) is 17.7 Å². The Morgan fingerprint density at radius 2 is 1.83 bits per heavy atom. The molecule has 1 N–H and O–H groups in total. The Hall–Kier alpha value is -2.83. The number of hydrogen-bond donors (Lipinski definition) is 1. The Kier molecular flexibility index (Phi) is 4.01.